The van der Waals surface area contributed by atoms with Crippen molar-refractivity contribution in [2.45, 2.75) is 51.9 Å². The van der Waals surface area contributed by atoms with E-state index < -0.39 is 8.07 Å². The SMILES string of the molecule is CC[Si](/C=C/C(C)O)(CC)CC. The molecule has 1 atom stereocenters. The summed E-state index contributed by atoms with van der Waals surface area (Å²) in [7, 11) is -1.12. The zero-order chi connectivity index (χ0) is 9.61. The van der Waals surface area contributed by atoms with Gasteiger partial charge in [0, 0.05) is 0 Å². The second-order valence-electron chi connectivity index (χ2n) is 3.52. The molecule has 0 aromatic rings. The Morgan fingerprint density at radius 2 is 1.58 bits per heavy atom. The first-order chi connectivity index (χ1) is 5.60. The van der Waals surface area contributed by atoms with Crippen molar-refractivity contribution in [1.29, 1.82) is 0 Å². The molecule has 1 nitrogen and oxygen atoms in total. The summed E-state index contributed by atoms with van der Waals surface area (Å²) in [6.45, 7) is 8.62. The van der Waals surface area contributed by atoms with Gasteiger partial charge in [-0.25, -0.2) is 0 Å². The summed E-state index contributed by atoms with van der Waals surface area (Å²) in [5.74, 6) is 0. The van der Waals surface area contributed by atoms with Crippen LogP contribution in [0.3, 0.4) is 0 Å². The Balaban J connectivity index is 4.29. The molecule has 0 aliphatic heterocycles. The van der Waals surface area contributed by atoms with E-state index in [4.69, 9.17) is 5.11 Å². The van der Waals surface area contributed by atoms with Gasteiger partial charge in [-0.15, -0.1) is 0 Å². The van der Waals surface area contributed by atoms with Crippen LogP contribution >= 0.6 is 0 Å². The summed E-state index contributed by atoms with van der Waals surface area (Å²) in [5.41, 5.74) is 2.32. The summed E-state index contributed by atoms with van der Waals surface area (Å²) in [6, 6.07) is 3.88. The third kappa shape index (κ3) is 3.54. The first-order valence-electron chi connectivity index (χ1n) is 4.97. The highest BCUT2D eigenvalue weighted by Gasteiger charge is 2.22. The van der Waals surface area contributed by atoms with Crippen LogP contribution in [0.4, 0.5) is 0 Å². The van der Waals surface area contributed by atoms with E-state index in [1.807, 2.05) is 13.0 Å². The smallest absolute Gasteiger partial charge is 0.0767 e. The molecular formula is C10H22OSi. The summed E-state index contributed by atoms with van der Waals surface area (Å²) in [5, 5.41) is 9.14. The maximum absolute atomic E-state index is 9.14. The van der Waals surface area contributed by atoms with E-state index in [9.17, 15) is 0 Å². The summed E-state index contributed by atoms with van der Waals surface area (Å²) in [4.78, 5) is 0. The van der Waals surface area contributed by atoms with Crippen LogP contribution in [0.15, 0.2) is 11.8 Å². The van der Waals surface area contributed by atoms with Gasteiger partial charge >= 0.3 is 0 Å². The fourth-order valence-electron chi connectivity index (χ4n) is 1.45. The van der Waals surface area contributed by atoms with Crippen LogP contribution in [0.25, 0.3) is 0 Å². The van der Waals surface area contributed by atoms with Crippen LogP contribution < -0.4 is 0 Å². The van der Waals surface area contributed by atoms with Gasteiger partial charge in [-0.2, -0.15) is 0 Å². The minimum absolute atomic E-state index is 0.276. The van der Waals surface area contributed by atoms with Crippen molar-refractivity contribution in [3.63, 3.8) is 0 Å². The lowest BCUT2D eigenvalue weighted by Crippen LogP contribution is -2.29. The number of hydrogen-bond acceptors (Lipinski definition) is 1. The predicted molar refractivity (Wildman–Crippen MR) is 58.0 cm³/mol. The first kappa shape index (κ1) is 11.9. The molecule has 0 saturated heterocycles. The zero-order valence-electron chi connectivity index (χ0n) is 8.80. The zero-order valence-corrected chi connectivity index (χ0v) is 9.80. The monoisotopic (exact) mass is 186 g/mol. The van der Waals surface area contributed by atoms with Crippen LogP contribution in [0, 0.1) is 0 Å². The summed E-state index contributed by atoms with van der Waals surface area (Å²) >= 11 is 0. The van der Waals surface area contributed by atoms with E-state index in [-0.39, 0.29) is 6.10 Å². The molecule has 0 aromatic carbocycles. The molecule has 0 saturated carbocycles. The van der Waals surface area contributed by atoms with Crippen molar-refractivity contribution < 1.29 is 5.11 Å². The molecule has 0 heterocycles. The molecule has 0 aliphatic carbocycles. The quantitative estimate of drug-likeness (QED) is 0.655. The third-order valence-electron chi connectivity index (χ3n) is 2.84. The molecule has 0 radical (unpaired) electrons. The molecule has 1 N–H and O–H groups in total. The van der Waals surface area contributed by atoms with Crippen LogP contribution in [0.1, 0.15) is 27.7 Å². The molecular weight excluding hydrogens is 164 g/mol. The molecule has 2 heteroatoms. The van der Waals surface area contributed by atoms with Gasteiger partial charge in [0.1, 0.15) is 0 Å². The van der Waals surface area contributed by atoms with E-state index in [1.165, 1.54) is 18.1 Å². The highest BCUT2D eigenvalue weighted by molar-refractivity contribution is 6.84. The van der Waals surface area contributed by atoms with Crippen molar-refractivity contribution >= 4 is 8.07 Å². The standard InChI is InChI=1S/C10H22OSi/c1-5-12(6-2,7-3)9-8-10(4)11/h8-11H,5-7H2,1-4H3/b9-8+. The van der Waals surface area contributed by atoms with Crippen molar-refractivity contribution in [2.75, 3.05) is 0 Å². The van der Waals surface area contributed by atoms with E-state index in [0.717, 1.165) is 0 Å². The highest BCUT2D eigenvalue weighted by atomic mass is 28.3. The first-order valence-corrected chi connectivity index (χ1v) is 7.67. The Bertz CT molecular complexity index is 129. The van der Waals surface area contributed by atoms with Gasteiger partial charge < -0.3 is 5.11 Å². The van der Waals surface area contributed by atoms with Crippen LogP contribution in [-0.4, -0.2) is 19.3 Å². The van der Waals surface area contributed by atoms with E-state index in [0.29, 0.717) is 0 Å². The van der Waals surface area contributed by atoms with Crippen LogP contribution in [-0.2, 0) is 0 Å². The molecule has 0 bridgehead atoms. The second kappa shape index (κ2) is 5.54. The molecule has 0 aliphatic rings. The van der Waals surface area contributed by atoms with Gasteiger partial charge in [0.15, 0.2) is 0 Å². The van der Waals surface area contributed by atoms with Gasteiger partial charge in [-0.1, -0.05) is 50.7 Å². The molecule has 12 heavy (non-hydrogen) atoms. The van der Waals surface area contributed by atoms with E-state index in [1.54, 1.807) is 0 Å². The van der Waals surface area contributed by atoms with E-state index in [2.05, 4.69) is 26.5 Å². The molecule has 0 rings (SSSR count). The predicted octanol–water partition coefficient (Wildman–Crippen LogP) is 2.97. The normalized spacial score (nSPS) is 15.4. The number of aliphatic hydroxyl groups is 1. The number of rotatable bonds is 5. The van der Waals surface area contributed by atoms with Crippen molar-refractivity contribution in [3.8, 4) is 0 Å². The van der Waals surface area contributed by atoms with Crippen LogP contribution in [0.2, 0.25) is 18.1 Å². The topological polar surface area (TPSA) is 20.2 Å². The molecule has 0 aromatic heterocycles. The third-order valence-corrected chi connectivity index (χ3v) is 7.96. The lowest BCUT2D eigenvalue weighted by Gasteiger charge is -2.23. The van der Waals surface area contributed by atoms with Gasteiger partial charge in [0.25, 0.3) is 0 Å². The average Bonchev–Trinajstić information content (AvgIpc) is 2.08. The second-order valence-corrected chi connectivity index (χ2v) is 8.70. The minimum atomic E-state index is -1.12. The average molecular weight is 186 g/mol. The van der Waals surface area contributed by atoms with Gasteiger partial charge in [-0.3, -0.25) is 0 Å². The van der Waals surface area contributed by atoms with Crippen molar-refractivity contribution in [1.82, 2.24) is 0 Å². The maximum Gasteiger partial charge on any atom is 0.0767 e. The molecule has 0 amide bonds. The largest absolute Gasteiger partial charge is 0.389 e. The molecule has 1 unspecified atom stereocenters. The highest BCUT2D eigenvalue weighted by Crippen LogP contribution is 2.21. The fraction of sp³-hybridized carbons (Fsp3) is 0.800. The summed E-state index contributed by atoms with van der Waals surface area (Å²) < 4.78 is 0. The van der Waals surface area contributed by atoms with Crippen molar-refractivity contribution in [3.05, 3.63) is 11.8 Å². The molecule has 0 fully saturated rings. The Morgan fingerprint density at radius 3 is 1.83 bits per heavy atom. The lowest BCUT2D eigenvalue weighted by molar-refractivity contribution is 0.244. The fourth-order valence-corrected chi connectivity index (χ4v) is 4.34. The number of hydrogen-bond donors (Lipinski definition) is 1. The Morgan fingerprint density at radius 1 is 1.17 bits per heavy atom. The minimum Gasteiger partial charge on any atom is -0.389 e. The molecule has 0 spiro atoms. The Labute approximate surface area is 77.5 Å². The maximum atomic E-state index is 9.14. The lowest BCUT2D eigenvalue weighted by atomic mass is 10.4. The van der Waals surface area contributed by atoms with Gasteiger partial charge in [-0.05, 0) is 6.92 Å². The van der Waals surface area contributed by atoms with Gasteiger partial charge in [0.2, 0.25) is 0 Å². The Hall–Kier alpha value is -0.0831. The number of aliphatic hydroxyl groups excluding tert-OH is 1. The van der Waals surface area contributed by atoms with Crippen molar-refractivity contribution in [2.24, 2.45) is 0 Å². The van der Waals surface area contributed by atoms with E-state index >= 15 is 0 Å². The molecule has 72 valence electrons. The van der Waals surface area contributed by atoms with Crippen LogP contribution in [0.5, 0.6) is 0 Å². The Kier molecular flexibility index (Phi) is 5.50. The van der Waals surface area contributed by atoms with Gasteiger partial charge in [0.05, 0.1) is 14.2 Å². The summed E-state index contributed by atoms with van der Waals surface area (Å²) in [6.07, 6.45) is 1.68.